The van der Waals surface area contributed by atoms with Gasteiger partial charge < -0.3 is 21.1 Å². The molecule has 0 aromatic carbocycles. The second kappa shape index (κ2) is 12.0. The number of aryl methyl sites for hydroxylation is 1. The molecule has 2 atom stereocenters. The Hall–Kier alpha value is -3.14. The number of carbonyl (C=O) groups is 3. The molecule has 35 heavy (non-hydrogen) atoms. The fraction of sp³-hybridized carbons (Fsp3) is 0.542. The molecule has 1 aromatic heterocycles. The molecule has 0 saturated heterocycles. The second-order valence-corrected chi connectivity index (χ2v) is 9.73. The minimum Gasteiger partial charge on any atom is -0.444 e. The summed E-state index contributed by atoms with van der Waals surface area (Å²) in [5.74, 6) is -0.629. The Kier molecular flexibility index (Phi) is 9.64. The summed E-state index contributed by atoms with van der Waals surface area (Å²) in [5, 5.41) is 6.17. The molecule has 0 radical (unpaired) electrons. The van der Waals surface area contributed by atoms with Gasteiger partial charge in [-0.15, -0.1) is 0 Å². The van der Waals surface area contributed by atoms with Gasteiger partial charge >= 0.3 is 6.09 Å². The van der Waals surface area contributed by atoms with E-state index in [0.717, 1.165) is 12.1 Å². The minimum atomic E-state index is -0.698. The Bertz CT molecular complexity index is 1020. The summed E-state index contributed by atoms with van der Waals surface area (Å²) in [4.78, 5) is 46.3. The molecular formula is C24H35ClN6O4. The number of carbonyl (C=O) groups excluding carboxylic acids is 3. The summed E-state index contributed by atoms with van der Waals surface area (Å²) in [5.41, 5.74) is 6.09. The number of ether oxygens (including phenoxy) is 1. The second-order valence-electron chi connectivity index (χ2n) is 9.37. The van der Waals surface area contributed by atoms with Crippen molar-refractivity contribution in [2.24, 2.45) is 11.7 Å². The first-order chi connectivity index (χ1) is 16.3. The zero-order valence-corrected chi connectivity index (χ0v) is 21.9. The van der Waals surface area contributed by atoms with E-state index in [-0.39, 0.29) is 28.5 Å². The zero-order valence-electron chi connectivity index (χ0n) is 21.1. The first kappa shape index (κ1) is 28.1. The van der Waals surface area contributed by atoms with Gasteiger partial charge in [0.05, 0.1) is 5.69 Å². The molecule has 10 nitrogen and oxygen atoms in total. The number of nitrogens with zero attached hydrogens (tertiary/aromatic N) is 3. The molecule has 192 valence electrons. The molecule has 0 fully saturated rings. The van der Waals surface area contributed by atoms with Crippen LogP contribution in [0.3, 0.4) is 0 Å². The highest BCUT2D eigenvalue weighted by Crippen LogP contribution is 2.24. The van der Waals surface area contributed by atoms with Crippen LogP contribution >= 0.6 is 11.6 Å². The van der Waals surface area contributed by atoms with Crippen molar-refractivity contribution < 1.29 is 19.1 Å². The topological polar surface area (TPSA) is 140 Å². The van der Waals surface area contributed by atoms with Crippen LogP contribution in [0.2, 0.25) is 5.15 Å². The standard InChI is InChI=1S/C24H35ClN6O4/c1-7-17-19(25)30-21(18(29-17)20(26)32)28-16-10-8-9-15(13-16)11-12-27-22(33)14(2)31(6)23(34)35-24(3,4)5/h8,10,13-15H,7,9,11-12H2,1-6H3,(H2,26,32)(H,27,33)(H,28,30)/t14-,15?/m0/s1. The average molecular weight is 507 g/mol. The van der Waals surface area contributed by atoms with Gasteiger partial charge in [0, 0.05) is 19.3 Å². The lowest BCUT2D eigenvalue weighted by molar-refractivity contribution is -0.125. The van der Waals surface area contributed by atoms with E-state index in [4.69, 9.17) is 22.1 Å². The molecule has 1 unspecified atom stereocenters. The molecule has 0 bridgehead atoms. The predicted molar refractivity (Wildman–Crippen MR) is 135 cm³/mol. The van der Waals surface area contributed by atoms with Crippen LogP contribution in [0.25, 0.3) is 0 Å². The number of aromatic nitrogens is 2. The molecule has 11 heteroatoms. The summed E-state index contributed by atoms with van der Waals surface area (Å²) in [6.45, 7) is 9.26. The van der Waals surface area contributed by atoms with Crippen LogP contribution < -0.4 is 16.4 Å². The van der Waals surface area contributed by atoms with Gasteiger partial charge in [0.15, 0.2) is 16.7 Å². The third-order valence-electron chi connectivity index (χ3n) is 5.36. The van der Waals surface area contributed by atoms with Crippen LogP contribution in [0, 0.1) is 5.92 Å². The number of likely N-dealkylation sites (N-methyl/N-ethyl adjacent to an activating group) is 1. The van der Waals surface area contributed by atoms with Crippen molar-refractivity contribution in [2.75, 3.05) is 18.9 Å². The van der Waals surface area contributed by atoms with Gasteiger partial charge in [0.2, 0.25) is 5.91 Å². The van der Waals surface area contributed by atoms with E-state index in [1.807, 2.05) is 25.2 Å². The Morgan fingerprint density at radius 1 is 1.31 bits per heavy atom. The van der Waals surface area contributed by atoms with Gasteiger partial charge in [0.25, 0.3) is 5.91 Å². The molecule has 1 heterocycles. The minimum absolute atomic E-state index is 0.0260. The SMILES string of the molecule is CCc1nc(C(N)=O)c(NC2=CC(CCNC(=O)[C@H](C)N(C)C(=O)OC(C)(C)C)CC=C2)nc1Cl. The van der Waals surface area contributed by atoms with Gasteiger partial charge in [0.1, 0.15) is 11.6 Å². The van der Waals surface area contributed by atoms with Crippen molar-refractivity contribution in [1.82, 2.24) is 20.2 Å². The predicted octanol–water partition coefficient (Wildman–Crippen LogP) is 3.42. The molecule has 1 aromatic rings. The van der Waals surface area contributed by atoms with E-state index in [1.54, 1.807) is 27.7 Å². The third kappa shape index (κ3) is 8.24. The fourth-order valence-electron chi connectivity index (χ4n) is 3.30. The van der Waals surface area contributed by atoms with Gasteiger partial charge in [-0.05, 0) is 59.0 Å². The number of rotatable bonds is 9. The molecule has 0 aliphatic heterocycles. The summed E-state index contributed by atoms with van der Waals surface area (Å²) in [6.07, 6.45) is 7.30. The fourth-order valence-corrected chi connectivity index (χ4v) is 3.56. The number of amides is 3. The first-order valence-electron chi connectivity index (χ1n) is 11.6. The number of halogens is 1. The number of nitrogens with two attached hydrogens (primary N) is 1. The highest BCUT2D eigenvalue weighted by molar-refractivity contribution is 6.30. The summed E-state index contributed by atoms with van der Waals surface area (Å²) >= 11 is 6.17. The van der Waals surface area contributed by atoms with Crippen LogP contribution in [0.5, 0.6) is 0 Å². The first-order valence-corrected chi connectivity index (χ1v) is 11.9. The van der Waals surface area contributed by atoms with Crippen molar-refractivity contribution in [1.29, 1.82) is 0 Å². The molecule has 2 rings (SSSR count). The molecule has 0 spiro atoms. The largest absolute Gasteiger partial charge is 0.444 e. The van der Waals surface area contributed by atoms with Crippen LogP contribution in [0.1, 0.15) is 63.6 Å². The maximum atomic E-state index is 12.5. The lowest BCUT2D eigenvalue weighted by Gasteiger charge is -2.28. The highest BCUT2D eigenvalue weighted by atomic mass is 35.5. The summed E-state index contributed by atoms with van der Waals surface area (Å²) < 4.78 is 5.31. The molecule has 1 aliphatic carbocycles. The van der Waals surface area contributed by atoms with Crippen LogP contribution in [0.4, 0.5) is 10.6 Å². The van der Waals surface area contributed by atoms with E-state index >= 15 is 0 Å². The molecule has 1 aliphatic rings. The number of nitrogens with one attached hydrogen (secondary N) is 2. The normalized spacial score (nSPS) is 16.2. The maximum Gasteiger partial charge on any atom is 0.410 e. The molecule has 4 N–H and O–H groups in total. The number of primary amides is 1. The van der Waals surface area contributed by atoms with Gasteiger partial charge in [-0.3, -0.25) is 14.5 Å². The van der Waals surface area contributed by atoms with E-state index in [9.17, 15) is 14.4 Å². The van der Waals surface area contributed by atoms with E-state index in [2.05, 4.69) is 20.6 Å². The summed E-state index contributed by atoms with van der Waals surface area (Å²) in [6, 6.07) is -0.675. The van der Waals surface area contributed by atoms with Crippen molar-refractivity contribution in [3.63, 3.8) is 0 Å². The number of anilines is 1. The van der Waals surface area contributed by atoms with Crippen molar-refractivity contribution in [2.45, 2.75) is 65.5 Å². The van der Waals surface area contributed by atoms with Crippen LogP contribution in [-0.4, -0.2) is 58.0 Å². The maximum absolute atomic E-state index is 12.5. The van der Waals surface area contributed by atoms with Crippen molar-refractivity contribution in [3.8, 4) is 0 Å². The monoisotopic (exact) mass is 506 g/mol. The van der Waals surface area contributed by atoms with Crippen LogP contribution in [0.15, 0.2) is 23.9 Å². The Morgan fingerprint density at radius 3 is 2.60 bits per heavy atom. The number of allylic oxidation sites excluding steroid dienone is 3. The van der Waals surface area contributed by atoms with Gasteiger partial charge in [-0.1, -0.05) is 30.7 Å². The van der Waals surface area contributed by atoms with Crippen molar-refractivity contribution >= 4 is 35.3 Å². The zero-order chi connectivity index (χ0) is 26.3. The van der Waals surface area contributed by atoms with E-state index in [0.29, 0.717) is 25.1 Å². The van der Waals surface area contributed by atoms with E-state index < -0.39 is 23.6 Å². The molecule has 0 saturated carbocycles. The average Bonchev–Trinajstić information content (AvgIpc) is 2.77. The third-order valence-corrected chi connectivity index (χ3v) is 5.66. The quantitative estimate of drug-likeness (QED) is 0.466. The lowest BCUT2D eigenvalue weighted by Crippen LogP contribution is -2.47. The highest BCUT2D eigenvalue weighted by Gasteiger charge is 2.27. The van der Waals surface area contributed by atoms with Crippen molar-refractivity contribution in [3.05, 3.63) is 40.5 Å². The van der Waals surface area contributed by atoms with Gasteiger partial charge in [-0.25, -0.2) is 14.8 Å². The van der Waals surface area contributed by atoms with Gasteiger partial charge in [-0.2, -0.15) is 0 Å². The van der Waals surface area contributed by atoms with Crippen LogP contribution in [-0.2, 0) is 16.0 Å². The lowest BCUT2D eigenvalue weighted by atomic mass is 9.95. The Labute approximate surface area is 211 Å². The Balaban J connectivity index is 1.96. The Morgan fingerprint density at radius 2 is 2.00 bits per heavy atom. The number of hydrogen-bond acceptors (Lipinski definition) is 7. The smallest absolute Gasteiger partial charge is 0.410 e. The number of hydrogen-bond donors (Lipinski definition) is 3. The molecular weight excluding hydrogens is 472 g/mol. The molecule has 3 amide bonds. The van der Waals surface area contributed by atoms with E-state index in [1.165, 1.54) is 11.9 Å². The summed E-state index contributed by atoms with van der Waals surface area (Å²) in [7, 11) is 1.54.